The molecule has 0 aromatic heterocycles. The van der Waals surface area contributed by atoms with Crippen LogP contribution in [0.3, 0.4) is 0 Å². The van der Waals surface area contributed by atoms with E-state index in [-0.39, 0.29) is 18.0 Å². The summed E-state index contributed by atoms with van der Waals surface area (Å²) in [6.07, 6.45) is 5.21. The van der Waals surface area contributed by atoms with E-state index in [1.54, 1.807) is 6.07 Å². The quantitative estimate of drug-likeness (QED) is 0.825. The van der Waals surface area contributed by atoms with Crippen LogP contribution in [-0.4, -0.2) is 28.9 Å². The number of hydrogen-bond donors (Lipinski definition) is 2. The van der Waals surface area contributed by atoms with E-state index in [0.717, 1.165) is 32.1 Å². The Morgan fingerprint density at radius 3 is 2.84 bits per heavy atom. The summed E-state index contributed by atoms with van der Waals surface area (Å²) in [6, 6.07) is 5.73. The minimum atomic E-state index is -0.211. The zero-order chi connectivity index (χ0) is 17.6. The summed E-state index contributed by atoms with van der Waals surface area (Å²) in [5.74, 6) is 2.21. The van der Waals surface area contributed by atoms with Crippen molar-refractivity contribution in [3.63, 3.8) is 0 Å². The second kappa shape index (κ2) is 6.64. The van der Waals surface area contributed by atoms with Crippen LogP contribution < -0.4 is 0 Å². The fourth-order valence-electron chi connectivity index (χ4n) is 6.03. The van der Waals surface area contributed by atoms with E-state index < -0.39 is 0 Å². The Morgan fingerprint density at radius 1 is 1.20 bits per heavy atom. The van der Waals surface area contributed by atoms with Crippen LogP contribution in [0.2, 0.25) is 0 Å². The number of rotatable bonds is 3. The van der Waals surface area contributed by atoms with Gasteiger partial charge in [-0.2, -0.15) is 0 Å². The number of carbonyl (C=O) groups is 1. The molecule has 0 spiro atoms. The SMILES string of the molecule is CCOC(=O)C[C@H]1CC2C(CC[C@@H]2O)C2CCc3cc(O)ccc3C21. The highest BCUT2D eigenvalue weighted by molar-refractivity contribution is 5.70. The Morgan fingerprint density at radius 2 is 2.04 bits per heavy atom. The number of aliphatic hydroxyl groups excluding tert-OH is 1. The molecule has 2 N–H and O–H groups in total. The third-order valence-corrected chi connectivity index (χ3v) is 6.90. The lowest BCUT2D eigenvalue weighted by Gasteiger charge is -2.49. The van der Waals surface area contributed by atoms with Crippen molar-refractivity contribution in [3.05, 3.63) is 29.3 Å². The van der Waals surface area contributed by atoms with Gasteiger partial charge in [0.25, 0.3) is 0 Å². The van der Waals surface area contributed by atoms with Crippen molar-refractivity contribution < 1.29 is 19.7 Å². The van der Waals surface area contributed by atoms with Crippen molar-refractivity contribution in [1.29, 1.82) is 0 Å². The highest BCUT2D eigenvalue weighted by atomic mass is 16.5. The van der Waals surface area contributed by atoms with Crippen LogP contribution in [0.15, 0.2) is 18.2 Å². The number of fused-ring (bicyclic) bond motifs is 5. The van der Waals surface area contributed by atoms with Crippen LogP contribution >= 0.6 is 0 Å². The number of hydrogen-bond acceptors (Lipinski definition) is 4. The number of phenols is 1. The van der Waals surface area contributed by atoms with Gasteiger partial charge < -0.3 is 14.9 Å². The largest absolute Gasteiger partial charge is 0.508 e. The Hall–Kier alpha value is -1.55. The zero-order valence-electron chi connectivity index (χ0n) is 14.9. The minimum absolute atomic E-state index is 0.122. The second-order valence-electron chi connectivity index (χ2n) is 8.09. The molecule has 0 aliphatic heterocycles. The third-order valence-electron chi connectivity index (χ3n) is 6.90. The number of aromatic hydroxyl groups is 1. The first kappa shape index (κ1) is 16.9. The molecule has 6 atom stereocenters. The summed E-state index contributed by atoms with van der Waals surface area (Å²) in [5, 5.41) is 20.3. The molecule has 2 fully saturated rings. The molecule has 0 bridgehead atoms. The van der Waals surface area contributed by atoms with Gasteiger partial charge in [0.05, 0.1) is 12.7 Å². The lowest BCUT2D eigenvalue weighted by Crippen LogP contribution is -2.42. The summed E-state index contributed by atoms with van der Waals surface area (Å²) in [7, 11) is 0. The normalized spacial score (nSPS) is 36.2. The van der Waals surface area contributed by atoms with Gasteiger partial charge in [-0.1, -0.05) is 6.07 Å². The molecular weight excluding hydrogens is 316 g/mol. The van der Waals surface area contributed by atoms with Crippen LogP contribution in [0, 0.1) is 23.7 Å². The molecular formula is C21H28O4. The van der Waals surface area contributed by atoms with Crippen molar-refractivity contribution in [2.45, 2.75) is 57.5 Å². The molecule has 4 nitrogen and oxygen atoms in total. The molecule has 0 radical (unpaired) electrons. The van der Waals surface area contributed by atoms with Gasteiger partial charge in [0.15, 0.2) is 0 Å². The van der Waals surface area contributed by atoms with Crippen LogP contribution in [0.5, 0.6) is 5.75 Å². The van der Waals surface area contributed by atoms with Crippen molar-refractivity contribution in [3.8, 4) is 5.75 Å². The van der Waals surface area contributed by atoms with Crippen molar-refractivity contribution >= 4 is 5.97 Å². The van der Waals surface area contributed by atoms with Crippen LogP contribution in [0.4, 0.5) is 0 Å². The van der Waals surface area contributed by atoms with Gasteiger partial charge in [0.1, 0.15) is 5.75 Å². The smallest absolute Gasteiger partial charge is 0.306 e. The summed E-state index contributed by atoms with van der Waals surface area (Å²) < 4.78 is 5.23. The minimum Gasteiger partial charge on any atom is -0.508 e. The van der Waals surface area contributed by atoms with Gasteiger partial charge >= 0.3 is 5.97 Å². The Bertz CT molecular complexity index is 655. The lowest BCUT2D eigenvalue weighted by atomic mass is 9.56. The highest BCUT2D eigenvalue weighted by Gasteiger charge is 2.51. The average Bonchev–Trinajstić information content (AvgIpc) is 2.95. The Balaban J connectivity index is 1.69. The van der Waals surface area contributed by atoms with E-state index in [9.17, 15) is 15.0 Å². The molecule has 0 amide bonds. The molecule has 0 saturated heterocycles. The van der Waals surface area contributed by atoms with Gasteiger partial charge in [0.2, 0.25) is 0 Å². The number of esters is 1. The highest BCUT2D eigenvalue weighted by Crippen LogP contribution is 2.58. The maximum Gasteiger partial charge on any atom is 0.306 e. The van der Waals surface area contributed by atoms with Crippen molar-refractivity contribution in [1.82, 2.24) is 0 Å². The zero-order valence-corrected chi connectivity index (χ0v) is 14.9. The first-order chi connectivity index (χ1) is 12.1. The molecule has 136 valence electrons. The molecule has 4 rings (SSSR count). The molecule has 1 aromatic rings. The van der Waals surface area contributed by atoms with E-state index in [2.05, 4.69) is 6.07 Å². The fraction of sp³-hybridized carbons (Fsp3) is 0.667. The van der Waals surface area contributed by atoms with E-state index in [0.29, 0.717) is 42.4 Å². The average molecular weight is 344 g/mol. The summed E-state index contributed by atoms with van der Waals surface area (Å²) in [4.78, 5) is 12.2. The third kappa shape index (κ3) is 2.95. The predicted molar refractivity (Wildman–Crippen MR) is 94.2 cm³/mol. The molecule has 2 saturated carbocycles. The standard InChI is InChI=1S/C21H28O4/c1-2-25-20(24)11-13-10-18-16(7-8-19(18)23)17-5-3-12-9-14(22)4-6-15(12)21(13)17/h4,6,9,13,16-19,21-23H,2-3,5,7-8,10-11H2,1H3/t13-,16?,17?,18?,19+,21?/m1/s1. The van der Waals surface area contributed by atoms with Gasteiger partial charge in [-0.3, -0.25) is 4.79 Å². The van der Waals surface area contributed by atoms with E-state index in [1.165, 1.54) is 11.1 Å². The topological polar surface area (TPSA) is 66.8 Å². The summed E-state index contributed by atoms with van der Waals surface area (Å²) >= 11 is 0. The maximum atomic E-state index is 12.2. The van der Waals surface area contributed by atoms with Crippen LogP contribution in [-0.2, 0) is 16.0 Å². The number of ether oxygens (including phenoxy) is 1. The van der Waals surface area contributed by atoms with Crippen LogP contribution in [0.1, 0.15) is 56.1 Å². The molecule has 3 aliphatic carbocycles. The van der Waals surface area contributed by atoms with Gasteiger partial charge in [0, 0.05) is 6.42 Å². The second-order valence-corrected chi connectivity index (χ2v) is 8.09. The Kier molecular flexibility index (Phi) is 4.48. The maximum absolute atomic E-state index is 12.2. The van der Waals surface area contributed by atoms with Gasteiger partial charge in [-0.05, 0) is 91.9 Å². The number of aryl methyl sites for hydroxylation is 1. The van der Waals surface area contributed by atoms with Crippen molar-refractivity contribution in [2.75, 3.05) is 6.61 Å². The van der Waals surface area contributed by atoms with Crippen LogP contribution in [0.25, 0.3) is 0 Å². The first-order valence-corrected chi connectivity index (χ1v) is 9.74. The van der Waals surface area contributed by atoms with E-state index >= 15 is 0 Å². The summed E-state index contributed by atoms with van der Waals surface area (Å²) in [6.45, 7) is 2.26. The van der Waals surface area contributed by atoms with E-state index in [1.807, 2.05) is 13.0 Å². The molecule has 4 unspecified atom stereocenters. The first-order valence-electron chi connectivity index (χ1n) is 9.74. The number of aliphatic hydroxyl groups is 1. The molecule has 1 aromatic carbocycles. The fourth-order valence-corrected chi connectivity index (χ4v) is 6.03. The number of phenolic OH excluding ortho intramolecular Hbond substituents is 1. The van der Waals surface area contributed by atoms with Gasteiger partial charge in [-0.25, -0.2) is 0 Å². The van der Waals surface area contributed by atoms with Gasteiger partial charge in [-0.15, -0.1) is 0 Å². The lowest BCUT2D eigenvalue weighted by molar-refractivity contribution is -0.145. The molecule has 3 aliphatic rings. The summed E-state index contributed by atoms with van der Waals surface area (Å²) in [5.41, 5.74) is 2.54. The Labute approximate surface area is 149 Å². The predicted octanol–water partition coefficient (Wildman–Crippen LogP) is 3.40. The monoisotopic (exact) mass is 344 g/mol. The number of benzene rings is 1. The number of carbonyl (C=O) groups excluding carboxylic acids is 1. The molecule has 4 heteroatoms. The van der Waals surface area contributed by atoms with Crippen molar-refractivity contribution in [2.24, 2.45) is 23.7 Å². The molecule has 25 heavy (non-hydrogen) atoms. The molecule has 0 heterocycles. The van der Waals surface area contributed by atoms with E-state index in [4.69, 9.17) is 4.74 Å².